The summed E-state index contributed by atoms with van der Waals surface area (Å²) in [6.45, 7) is 8.91. The fourth-order valence-electron chi connectivity index (χ4n) is 3.83. The molecular formula is C22H30N3O+. The molecule has 0 spiro atoms. The molecule has 1 amide bonds. The van der Waals surface area contributed by atoms with E-state index in [-0.39, 0.29) is 11.9 Å². The summed E-state index contributed by atoms with van der Waals surface area (Å²) < 4.78 is 0. The van der Waals surface area contributed by atoms with Crippen LogP contribution in [-0.4, -0.2) is 50.1 Å². The van der Waals surface area contributed by atoms with Gasteiger partial charge in [0.05, 0.1) is 26.2 Å². The molecule has 1 saturated heterocycles. The summed E-state index contributed by atoms with van der Waals surface area (Å²) in [5.41, 5.74) is 3.82. The Balaban J connectivity index is 1.55. The molecule has 0 bridgehead atoms. The molecule has 1 atom stereocenters. The van der Waals surface area contributed by atoms with E-state index in [9.17, 15) is 4.79 Å². The number of nitrogens with one attached hydrogen (secondary N) is 1. The maximum atomic E-state index is 12.8. The third-order valence-electron chi connectivity index (χ3n) is 5.48. The summed E-state index contributed by atoms with van der Waals surface area (Å²) in [5.74, 6) is 0.230. The number of hydrogen-bond donors (Lipinski definition) is 1. The van der Waals surface area contributed by atoms with E-state index in [1.165, 1.54) is 21.7 Å². The molecule has 1 heterocycles. The number of hydrogen-bond acceptors (Lipinski definition) is 2. The van der Waals surface area contributed by atoms with Gasteiger partial charge in [-0.3, -0.25) is 4.79 Å². The lowest BCUT2D eigenvalue weighted by molar-refractivity contribution is -0.915. The first-order chi connectivity index (χ1) is 12.6. The number of likely N-dealkylation sites (N-methyl/N-ethyl adjacent to an activating group) is 1. The molecule has 0 aliphatic carbocycles. The third kappa shape index (κ3) is 4.25. The number of benzene rings is 2. The van der Waals surface area contributed by atoms with Crippen LogP contribution in [0.4, 0.5) is 5.69 Å². The molecule has 1 aliphatic rings. The number of carbonyl (C=O) groups excluding carboxylic acids is 1. The minimum atomic E-state index is 0.00253. The number of rotatable bonds is 5. The summed E-state index contributed by atoms with van der Waals surface area (Å²) >= 11 is 0. The molecule has 0 radical (unpaired) electrons. The van der Waals surface area contributed by atoms with Crippen LogP contribution in [0.25, 0.3) is 0 Å². The smallest absolute Gasteiger partial charge is 0.280 e. The van der Waals surface area contributed by atoms with Gasteiger partial charge < -0.3 is 14.7 Å². The first-order valence-electron chi connectivity index (χ1n) is 9.50. The highest BCUT2D eigenvalue weighted by Crippen LogP contribution is 2.18. The normalized spacial score (nSPS) is 16.3. The van der Waals surface area contributed by atoms with Crippen LogP contribution in [0.3, 0.4) is 0 Å². The quantitative estimate of drug-likeness (QED) is 0.888. The van der Waals surface area contributed by atoms with Crippen molar-refractivity contribution in [3.63, 3.8) is 0 Å². The van der Waals surface area contributed by atoms with Gasteiger partial charge in [-0.05, 0) is 31.0 Å². The van der Waals surface area contributed by atoms with Crippen LogP contribution in [0.1, 0.15) is 18.1 Å². The Hall–Kier alpha value is -2.33. The van der Waals surface area contributed by atoms with Gasteiger partial charge in [0.1, 0.15) is 0 Å². The molecule has 26 heavy (non-hydrogen) atoms. The monoisotopic (exact) mass is 352 g/mol. The summed E-state index contributed by atoms with van der Waals surface area (Å²) in [7, 11) is 1.91. The van der Waals surface area contributed by atoms with Crippen LogP contribution >= 0.6 is 0 Å². The van der Waals surface area contributed by atoms with Gasteiger partial charge in [-0.25, -0.2) is 0 Å². The lowest BCUT2D eigenvalue weighted by atomic mass is 10.1. The molecule has 138 valence electrons. The number of nitrogens with zero attached hydrogens (tertiary/aromatic N) is 2. The molecule has 4 nitrogen and oxygen atoms in total. The van der Waals surface area contributed by atoms with E-state index >= 15 is 0 Å². The Morgan fingerprint density at radius 2 is 1.69 bits per heavy atom. The predicted molar refractivity (Wildman–Crippen MR) is 106 cm³/mol. The molecule has 0 saturated carbocycles. The van der Waals surface area contributed by atoms with E-state index in [0.29, 0.717) is 6.54 Å². The van der Waals surface area contributed by atoms with Crippen molar-refractivity contribution in [3.8, 4) is 0 Å². The van der Waals surface area contributed by atoms with Gasteiger partial charge in [-0.1, -0.05) is 48.5 Å². The molecule has 3 rings (SSSR count). The fourth-order valence-corrected chi connectivity index (χ4v) is 3.83. The zero-order valence-corrected chi connectivity index (χ0v) is 16.1. The van der Waals surface area contributed by atoms with Crippen molar-refractivity contribution < 1.29 is 9.69 Å². The Bertz CT molecular complexity index is 723. The van der Waals surface area contributed by atoms with E-state index in [2.05, 4.69) is 55.1 Å². The molecule has 4 heteroatoms. The molecular weight excluding hydrogens is 322 g/mol. The van der Waals surface area contributed by atoms with Crippen molar-refractivity contribution in [3.05, 3.63) is 65.7 Å². The van der Waals surface area contributed by atoms with Gasteiger partial charge in [-0.2, -0.15) is 0 Å². The zero-order valence-electron chi connectivity index (χ0n) is 16.1. The Morgan fingerprint density at radius 3 is 2.35 bits per heavy atom. The van der Waals surface area contributed by atoms with Gasteiger partial charge >= 0.3 is 0 Å². The highest BCUT2D eigenvalue weighted by atomic mass is 16.2. The first-order valence-corrected chi connectivity index (χ1v) is 9.50. The number of quaternary nitrogens is 1. The van der Waals surface area contributed by atoms with Crippen LogP contribution in [0.15, 0.2) is 54.6 Å². The summed E-state index contributed by atoms with van der Waals surface area (Å²) in [6.07, 6.45) is 0. The maximum Gasteiger partial charge on any atom is 0.280 e. The standard InChI is InChI=1S/C22H29N3O/c1-18-9-7-8-12-21(18)25-15-13-24(14-16-25)19(2)22(26)23(3)17-20-10-5-4-6-11-20/h4-12,19H,13-17H2,1-3H3/p+1/t19-/m0/s1. The number of carbonyl (C=O) groups is 1. The van der Waals surface area contributed by atoms with Gasteiger partial charge in [0.2, 0.25) is 0 Å². The van der Waals surface area contributed by atoms with Crippen molar-refractivity contribution in [2.45, 2.75) is 26.4 Å². The van der Waals surface area contributed by atoms with E-state index in [1.54, 1.807) is 0 Å². The summed E-state index contributed by atoms with van der Waals surface area (Å²) in [5, 5.41) is 0. The van der Waals surface area contributed by atoms with E-state index in [1.807, 2.05) is 30.1 Å². The topological polar surface area (TPSA) is 28.0 Å². The Kier molecular flexibility index (Phi) is 5.94. The van der Waals surface area contributed by atoms with Crippen molar-refractivity contribution >= 4 is 11.6 Å². The molecule has 0 aromatic heterocycles. The van der Waals surface area contributed by atoms with E-state index < -0.39 is 0 Å². The Labute approximate surface area is 157 Å². The van der Waals surface area contributed by atoms with Crippen LogP contribution in [0, 0.1) is 6.92 Å². The highest BCUT2D eigenvalue weighted by molar-refractivity contribution is 5.79. The summed E-state index contributed by atoms with van der Waals surface area (Å²) in [4.78, 5) is 18.5. The fraction of sp³-hybridized carbons (Fsp3) is 0.409. The van der Waals surface area contributed by atoms with Crippen LogP contribution in [-0.2, 0) is 11.3 Å². The molecule has 1 aliphatic heterocycles. The molecule has 0 unspecified atom stereocenters. The van der Waals surface area contributed by atoms with Gasteiger partial charge in [-0.15, -0.1) is 0 Å². The second kappa shape index (κ2) is 8.37. The van der Waals surface area contributed by atoms with Crippen molar-refractivity contribution in [1.29, 1.82) is 0 Å². The molecule has 2 aromatic carbocycles. The molecule has 2 aromatic rings. The number of piperazine rings is 1. The number of amides is 1. The van der Waals surface area contributed by atoms with E-state index in [4.69, 9.17) is 0 Å². The zero-order chi connectivity index (χ0) is 18.5. The van der Waals surface area contributed by atoms with Crippen LogP contribution in [0.2, 0.25) is 0 Å². The second-order valence-electron chi connectivity index (χ2n) is 7.33. The van der Waals surface area contributed by atoms with Crippen LogP contribution < -0.4 is 9.80 Å². The summed E-state index contributed by atoms with van der Waals surface area (Å²) in [6, 6.07) is 18.7. The highest BCUT2D eigenvalue weighted by Gasteiger charge is 2.31. The van der Waals surface area contributed by atoms with Gasteiger partial charge in [0.25, 0.3) is 5.91 Å². The predicted octanol–water partition coefficient (Wildman–Crippen LogP) is 1.75. The number of anilines is 1. The largest absolute Gasteiger partial charge is 0.360 e. The lowest BCUT2D eigenvalue weighted by Crippen LogP contribution is -3.19. The lowest BCUT2D eigenvalue weighted by Gasteiger charge is -2.37. The molecule has 1 N–H and O–H groups in total. The van der Waals surface area contributed by atoms with Crippen molar-refractivity contribution in [2.24, 2.45) is 0 Å². The number of para-hydroxylation sites is 1. The van der Waals surface area contributed by atoms with Crippen LogP contribution in [0.5, 0.6) is 0 Å². The minimum absolute atomic E-state index is 0.00253. The second-order valence-corrected chi connectivity index (χ2v) is 7.33. The third-order valence-corrected chi connectivity index (χ3v) is 5.48. The SMILES string of the molecule is Cc1ccccc1N1CC[NH+]([C@@H](C)C(=O)N(C)Cc2ccccc2)CC1. The van der Waals surface area contributed by atoms with Crippen molar-refractivity contribution in [1.82, 2.24) is 4.90 Å². The average Bonchev–Trinajstić information content (AvgIpc) is 2.68. The first kappa shape index (κ1) is 18.5. The Morgan fingerprint density at radius 1 is 1.08 bits per heavy atom. The number of aryl methyl sites for hydroxylation is 1. The molecule has 1 fully saturated rings. The minimum Gasteiger partial charge on any atom is -0.360 e. The van der Waals surface area contributed by atoms with Gasteiger partial charge in [0, 0.05) is 19.3 Å². The van der Waals surface area contributed by atoms with Gasteiger partial charge in [0.15, 0.2) is 6.04 Å². The average molecular weight is 353 g/mol. The van der Waals surface area contributed by atoms with Crippen molar-refractivity contribution in [2.75, 3.05) is 38.1 Å². The van der Waals surface area contributed by atoms with E-state index in [0.717, 1.165) is 26.2 Å². The maximum absolute atomic E-state index is 12.8.